The quantitative estimate of drug-likeness (QED) is 0.149. The summed E-state index contributed by atoms with van der Waals surface area (Å²) >= 11 is 4.18. The van der Waals surface area contributed by atoms with Gasteiger partial charge in [-0.2, -0.15) is 0 Å². The summed E-state index contributed by atoms with van der Waals surface area (Å²) < 4.78 is 6.12. The van der Waals surface area contributed by atoms with Crippen molar-refractivity contribution in [1.82, 2.24) is 5.32 Å². The van der Waals surface area contributed by atoms with Gasteiger partial charge in [0.2, 0.25) is 0 Å². The van der Waals surface area contributed by atoms with Crippen LogP contribution in [-0.2, 0) is 4.74 Å². The van der Waals surface area contributed by atoms with E-state index in [1.165, 1.54) is 57.8 Å². The molecule has 0 radical (unpaired) electrons. The molecule has 7 fully saturated rings. The summed E-state index contributed by atoms with van der Waals surface area (Å²) in [6.45, 7) is 10.7. The average Bonchev–Trinajstić information content (AvgIpc) is 3.63. The summed E-state index contributed by atoms with van der Waals surface area (Å²) in [5.41, 5.74) is 2.28. The predicted octanol–water partition coefficient (Wildman–Crippen LogP) is 11.1. The number of halogens is 1. The molecule has 13 atom stereocenters. The van der Waals surface area contributed by atoms with Gasteiger partial charge in [-0.05, 0) is 124 Å². The van der Waals surface area contributed by atoms with Crippen LogP contribution in [0.3, 0.4) is 0 Å². The van der Waals surface area contributed by atoms with Crippen molar-refractivity contribution in [2.45, 2.75) is 189 Å². The van der Waals surface area contributed by atoms with Crippen LogP contribution in [0.25, 0.3) is 0 Å². The van der Waals surface area contributed by atoms with Gasteiger partial charge in [0.15, 0.2) is 0 Å². The summed E-state index contributed by atoms with van der Waals surface area (Å²) in [7, 11) is -1.58. The van der Waals surface area contributed by atoms with E-state index in [1.807, 2.05) is 0 Å². The first-order valence-corrected chi connectivity index (χ1v) is 23.6. The van der Waals surface area contributed by atoms with Crippen LogP contribution in [-0.4, -0.2) is 37.2 Å². The lowest BCUT2D eigenvalue weighted by atomic mass is 9.73. The lowest BCUT2D eigenvalue weighted by Crippen LogP contribution is -2.51. The first kappa shape index (κ1) is 32.2. The van der Waals surface area contributed by atoms with Crippen molar-refractivity contribution in [2.75, 3.05) is 6.61 Å². The lowest BCUT2D eigenvalue weighted by molar-refractivity contribution is -0.00471. The molecule has 246 valence electrons. The van der Waals surface area contributed by atoms with Crippen molar-refractivity contribution < 1.29 is 4.74 Å². The van der Waals surface area contributed by atoms with E-state index in [0.29, 0.717) is 0 Å². The van der Waals surface area contributed by atoms with E-state index in [0.717, 1.165) is 81.9 Å². The van der Waals surface area contributed by atoms with Gasteiger partial charge in [0.25, 0.3) is 0 Å². The maximum atomic E-state index is 6.12. The molecule has 1 heterocycles. The molecule has 0 aromatic carbocycles. The predicted molar refractivity (Wildman–Crippen MR) is 189 cm³/mol. The molecule has 13 unspecified atom stereocenters. The normalized spacial score (nSPS) is 47.2. The third kappa shape index (κ3) is 6.19. The Bertz CT molecular complexity index is 915. The molecule has 7 aliphatic rings. The smallest absolute Gasteiger partial charge is 0.0598 e. The number of rotatable bonds is 9. The second-order valence-corrected chi connectivity index (χ2v) is 24.6. The third-order valence-electron chi connectivity index (χ3n) is 15.3. The minimum atomic E-state index is -1.58. The summed E-state index contributed by atoms with van der Waals surface area (Å²) in [5.74, 6) is 8.50. The zero-order valence-corrected chi connectivity index (χ0v) is 31.2. The Hall–Kier alpha value is 0.617. The molecular weight excluding hydrogens is 606 g/mol. The van der Waals surface area contributed by atoms with Crippen LogP contribution in [0.2, 0.25) is 23.7 Å². The number of hydrogen-bond acceptors (Lipinski definition) is 2. The molecule has 1 aliphatic heterocycles. The van der Waals surface area contributed by atoms with E-state index >= 15 is 0 Å². The van der Waals surface area contributed by atoms with Crippen LogP contribution in [0.4, 0.5) is 0 Å². The standard InChI is InChI=1S/C39H68BrNOSi/c1-39(2,3)42-23-13-5-6-14-24-43(4,37-30-18-10-7-15-27(30)28-16-8-11-19-31(28)37)38-32-20-12-9-17-29(32)36-35(38)33-25-26(40)21-22-34(33)41-36/h26-38,41H,5-25H2,1-4H3. The van der Waals surface area contributed by atoms with E-state index in [1.54, 1.807) is 70.3 Å². The fourth-order valence-corrected chi connectivity index (χ4v) is 22.5. The molecule has 0 amide bonds. The minimum Gasteiger partial charge on any atom is -0.376 e. The van der Waals surface area contributed by atoms with Crippen LogP contribution in [0.15, 0.2) is 0 Å². The van der Waals surface area contributed by atoms with Crippen molar-refractivity contribution in [3.05, 3.63) is 0 Å². The molecule has 6 aliphatic carbocycles. The van der Waals surface area contributed by atoms with Gasteiger partial charge in [-0.3, -0.25) is 0 Å². The number of hydrogen-bond donors (Lipinski definition) is 1. The zero-order chi connectivity index (χ0) is 29.8. The highest BCUT2D eigenvalue weighted by Crippen LogP contribution is 2.71. The van der Waals surface area contributed by atoms with E-state index in [-0.39, 0.29) is 5.60 Å². The average molecular weight is 675 g/mol. The fourth-order valence-electron chi connectivity index (χ4n) is 14.1. The molecule has 0 aromatic rings. The van der Waals surface area contributed by atoms with E-state index in [4.69, 9.17) is 4.74 Å². The maximum absolute atomic E-state index is 6.12. The number of ether oxygens (including phenoxy) is 1. The monoisotopic (exact) mass is 673 g/mol. The largest absolute Gasteiger partial charge is 0.376 e. The van der Waals surface area contributed by atoms with Crippen LogP contribution in [0, 0.1) is 47.3 Å². The number of nitrogens with one attached hydrogen (secondary N) is 1. The van der Waals surface area contributed by atoms with Crippen LogP contribution in [0.5, 0.6) is 0 Å². The number of alkyl halides is 1. The molecule has 0 bridgehead atoms. The van der Waals surface area contributed by atoms with Crippen molar-refractivity contribution >= 4 is 24.0 Å². The Morgan fingerprint density at radius 1 is 0.651 bits per heavy atom. The SMILES string of the molecule is CC(C)(C)OCCCCCC[Si](C)(C1C2CCCCC2C2CCCCC21)C1C2CCCCC2C2NC3CCC(Br)CC3C21. The Morgan fingerprint density at radius 2 is 1.21 bits per heavy atom. The van der Waals surface area contributed by atoms with Crippen molar-refractivity contribution in [3.8, 4) is 0 Å². The molecule has 4 heteroatoms. The van der Waals surface area contributed by atoms with Gasteiger partial charge in [0, 0.05) is 23.5 Å². The van der Waals surface area contributed by atoms with E-state index in [9.17, 15) is 0 Å². The van der Waals surface area contributed by atoms with Crippen molar-refractivity contribution in [2.24, 2.45) is 47.3 Å². The van der Waals surface area contributed by atoms with E-state index < -0.39 is 8.07 Å². The summed E-state index contributed by atoms with van der Waals surface area (Å²) in [6, 6.07) is 3.37. The van der Waals surface area contributed by atoms with Crippen LogP contribution in [0.1, 0.15) is 143 Å². The molecule has 0 aromatic heterocycles. The van der Waals surface area contributed by atoms with Gasteiger partial charge in [0.05, 0.1) is 13.7 Å². The Balaban J connectivity index is 1.20. The minimum absolute atomic E-state index is 0.0109. The van der Waals surface area contributed by atoms with E-state index in [2.05, 4.69) is 48.6 Å². The second kappa shape index (κ2) is 13.3. The first-order chi connectivity index (χ1) is 20.8. The molecule has 2 nitrogen and oxygen atoms in total. The third-order valence-corrected chi connectivity index (χ3v) is 22.2. The van der Waals surface area contributed by atoms with Gasteiger partial charge in [-0.25, -0.2) is 0 Å². The highest BCUT2D eigenvalue weighted by atomic mass is 79.9. The highest BCUT2D eigenvalue weighted by Gasteiger charge is 2.67. The van der Waals surface area contributed by atoms with Crippen LogP contribution < -0.4 is 5.32 Å². The summed E-state index contributed by atoms with van der Waals surface area (Å²) in [4.78, 5) is 0.776. The van der Waals surface area contributed by atoms with Gasteiger partial charge >= 0.3 is 0 Å². The van der Waals surface area contributed by atoms with Gasteiger partial charge < -0.3 is 10.1 Å². The summed E-state index contributed by atoms with van der Waals surface area (Å²) in [6.07, 6.45) is 28.7. The molecule has 6 saturated carbocycles. The highest BCUT2D eigenvalue weighted by molar-refractivity contribution is 9.09. The Morgan fingerprint density at radius 3 is 1.84 bits per heavy atom. The molecule has 0 spiro atoms. The topological polar surface area (TPSA) is 21.3 Å². The molecule has 1 N–H and O–H groups in total. The molecular formula is C39H68BrNOSi. The molecule has 1 saturated heterocycles. The number of fused-ring (bicyclic) bond motifs is 8. The van der Waals surface area contributed by atoms with Crippen LogP contribution >= 0.6 is 15.9 Å². The van der Waals surface area contributed by atoms with Crippen molar-refractivity contribution in [3.63, 3.8) is 0 Å². The zero-order valence-electron chi connectivity index (χ0n) is 28.6. The fraction of sp³-hybridized carbons (Fsp3) is 1.00. The number of unbranched alkanes of at least 4 members (excludes halogenated alkanes) is 3. The molecule has 43 heavy (non-hydrogen) atoms. The van der Waals surface area contributed by atoms with Crippen molar-refractivity contribution in [1.29, 1.82) is 0 Å². The Kier molecular flexibility index (Phi) is 9.92. The first-order valence-electron chi connectivity index (χ1n) is 19.8. The lowest BCUT2D eigenvalue weighted by Gasteiger charge is -2.52. The van der Waals surface area contributed by atoms with Gasteiger partial charge in [0.1, 0.15) is 0 Å². The second-order valence-electron chi connectivity index (χ2n) is 18.5. The maximum Gasteiger partial charge on any atom is 0.0598 e. The molecule has 7 rings (SSSR count). The summed E-state index contributed by atoms with van der Waals surface area (Å²) in [5, 5.41) is 4.47. The Labute approximate surface area is 275 Å². The van der Waals surface area contributed by atoms with Gasteiger partial charge in [-0.15, -0.1) is 0 Å². The van der Waals surface area contributed by atoms with Gasteiger partial charge in [-0.1, -0.05) is 106 Å².